The Morgan fingerprint density at radius 2 is 1.41 bits per heavy atom. The summed E-state index contributed by atoms with van der Waals surface area (Å²) in [5, 5.41) is 5.04. The number of rotatable bonds is 8. The Morgan fingerprint density at radius 1 is 0.812 bits per heavy atom. The van der Waals surface area contributed by atoms with Gasteiger partial charge in [0, 0.05) is 17.4 Å². The number of carbonyl (C=O) groups excluding carboxylic acids is 1. The maximum Gasteiger partial charge on any atom is 0.227 e. The van der Waals surface area contributed by atoms with Crippen LogP contribution >= 0.6 is 11.3 Å². The molecule has 1 heterocycles. The van der Waals surface area contributed by atoms with Gasteiger partial charge in [-0.15, -0.1) is 11.3 Å². The number of carbonyl (C=O) groups is 1. The summed E-state index contributed by atoms with van der Waals surface area (Å²) in [5.41, 5.74) is 4.70. The largest absolute Gasteiger partial charge is 0.302 e. The van der Waals surface area contributed by atoms with E-state index in [1.807, 2.05) is 53.9 Å². The van der Waals surface area contributed by atoms with Crippen molar-refractivity contribution < 1.29 is 13.2 Å². The first kappa shape index (κ1) is 21.9. The maximum atomic E-state index is 12.3. The zero-order chi connectivity index (χ0) is 22.4. The van der Waals surface area contributed by atoms with Gasteiger partial charge in [0.15, 0.2) is 15.0 Å². The molecule has 0 aliphatic heterocycles. The van der Waals surface area contributed by atoms with Crippen LogP contribution in [0.2, 0.25) is 0 Å². The van der Waals surface area contributed by atoms with E-state index in [-0.39, 0.29) is 23.8 Å². The molecule has 32 heavy (non-hydrogen) atoms. The number of benzene rings is 3. The molecule has 0 fully saturated rings. The van der Waals surface area contributed by atoms with E-state index in [4.69, 9.17) is 0 Å². The molecular weight excluding hydrogens is 440 g/mol. The third-order valence-corrected chi connectivity index (χ3v) is 7.26. The molecule has 4 rings (SSSR count). The molecule has 0 bridgehead atoms. The van der Waals surface area contributed by atoms with Crippen molar-refractivity contribution in [1.29, 1.82) is 0 Å². The van der Waals surface area contributed by atoms with Crippen molar-refractivity contribution in [1.82, 2.24) is 4.98 Å². The van der Waals surface area contributed by atoms with E-state index in [1.165, 1.54) is 11.3 Å². The highest BCUT2D eigenvalue weighted by Gasteiger charge is 2.15. The summed E-state index contributed by atoms with van der Waals surface area (Å²) in [5.74, 6) is -0.629. The van der Waals surface area contributed by atoms with Gasteiger partial charge in [0.25, 0.3) is 0 Å². The quantitative estimate of drug-likeness (QED) is 0.379. The molecule has 0 saturated carbocycles. The van der Waals surface area contributed by atoms with Crippen molar-refractivity contribution in [3.05, 3.63) is 95.9 Å². The van der Waals surface area contributed by atoms with Crippen molar-refractivity contribution >= 4 is 32.2 Å². The molecule has 162 valence electrons. The van der Waals surface area contributed by atoms with E-state index in [1.54, 1.807) is 24.3 Å². The van der Waals surface area contributed by atoms with Crippen molar-refractivity contribution in [2.24, 2.45) is 0 Å². The normalized spacial score (nSPS) is 11.2. The molecule has 5 nitrogen and oxygen atoms in total. The third kappa shape index (κ3) is 5.90. The van der Waals surface area contributed by atoms with Crippen LogP contribution in [0.15, 0.2) is 90.3 Å². The van der Waals surface area contributed by atoms with Crippen LogP contribution in [0.1, 0.15) is 12.0 Å². The average molecular weight is 463 g/mol. The van der Waals surface area contributed by atoms with Gasteiger partial charge in [-0.3, -0.25) is 4.79 Å². The molecule has 4 aromatic rings. The minimum Gasteiger partial charge on any atom is -0.302 e. The van der Waals surface area contributed by atoms with Gasteiger partial charge in [-0.05, 0) is 16.7 Å². The van der Waals surface area contributed by atoms with Gasteiger partial charge in [-0.1, -0.05) is 84.9 Å². The van der Waals surface area contributed by atoms with Crippen LogP contribution in [0, 0.1) is 0 Å². The standard InChI is InChI=1S/C25H22N2O3S2/c28-24(15-16-32(29,30)18-19-7-3-1-4-8-19)27-25-26-23(17-31-25)22-13-11-21(12-14-22)20-9-5-2-6-10-20/h1-14,17H,15-16,18H2,(H,26,27,28). The fraction of sp³-hybridized carbons (Fsp3) is 0.120. The number of anilines is 1. The van der Waals surface area contributed by atoms with Crippen LogP contribution in [-0.4, -0.2) is 25.1 Å². The fourth-order valence-corrected chi connectivity index (χ4v) is 5.34. The van der Waals surface area contributed by atoms with E-state index in [2.05, 4.69) is 22.4 Å². The molecule has 0 unspecified atom stereocenters. The van der Waals surface area contributed by atoms with Crippen LogP contribution in [0.5, 0.6) is 0 Å². The minimum atomic E-state index is -3.36. The predicted octanol–water partition coefficient (Wildman–Crippen LogP) is 5.42. The van der Waals surface area contributed by atoms with Crippen molar-refractivity contribution in [3.8, 4) is 22.4 Å². The van der Waals surface area contributed by atoms with E-state index in [0.29, 0.717) is 5.13 Å². The van der Waals surface area contributed by atoms with Crippen molar-refractivity contribution in [2.75, 3.05) is 11.1 Å². The molecule has 0 aliphatic rings. The summed E-state index contributed by atoms with van der Waals surface area (Å²) in [6.07, 6.45) is -0.101. The lowest BCUT2D eigenvalue weighted by Gasteiger charge is -2.05. The second kappa shape index (κ2) is 9.89. The Labute approximate surface area is 191 Å². The second-order valence-corrected chi connectivity index (χ2v) is 10.4. The Balaban J connectivity index is 1.33. The zero-order valence-electron chi connectivity index (χ0n) is 17.3. The van der Waals surface area contributed by atoms with Crippen LogP contribution in [0.3, 0.4) is 0 Å². The number of thiazole rings is 1. The van der Waals surface area contributed by atoms with Gasteiger partial charge >= 0.3 is 0 Å². The molecule has 0 saturated heterocycles. The van der Waals surface area contributed by atoms with Gasteiger partial charge in [-0.25, -0.2) is 13.4 Å². The number of nitrogens with one attached hydrogen (secondary N) is 1. The first-order chi connectivity index (χ1) is 15.5. The Kier molecular flexibility index (Phi) is 6.78. The van der Waals surface area contributed by atoms with Gasteiger partial charge in [0.1, 0.15) is 0 Å². The molecule has 3 aromatic carbocycles. The van der Waals surface area contributed by atoms with Gasteiger partial charge in [0.2, 0.25) is 5.91 Å². The van der Waals surface area contributed by atoms with Gasteiger partial charge < -0.3 is 5.32 Å². The SMILES string of the molecule is O=C(CCS(=O)(=O)Cc1ccccc1)Nc1nc(-c2ccc(-c3ccccc3)cc2)cs1. The lowest BCUT2D eigenvalue weighted by molar-refractivity contribution is -0.115. The second-order valence-electron chi connectivity index (χ2n) is 7.36. The van der Waals surface area contributed by atoms with Crippen LogP contribution < -0.4 is 5.32 Å². The molecule has 7 heteroatoms. The van der Waals surface area contributed by atoms with E-state index >= 15 is 0 Å². The first-order valence-electron chi connectivity index (χ1n) is 10.1. The highest BCUT2D eigenvalue weighted by Crippen LogP contribution is 2.27. The number of nitrogens with zero attached hydrogens (tertiary/aromatic N) is 1. The highest BCUT2D eigenvalue weighted by molar-refractivity contribution is 7.90. The number of amides is 1. The van der Waals surface area contributed by atoms with E-state index in [9.17, 15) is 13.2 Å². The predicted molar refractivity (Wildman–Crippen MR) is 130 cm³/mol. The van der Waals surface area contributed by atoms with Crippen LogP contribution in [0.4, 0.5) is 5.13 Å². The fourth-order valence-electron chi connectivity index (χ4n) is 3.26. The summed E-state index contributed by atoms with van der Waals surface area (Å²) in [6.45, 7) is 0. The summed E-state index contributed by atoms with van der Waals surface area (Å²) in [6, 6.07) is 27.2. The van der Waals surface area contributed by atoms with Crippen molar-refractivity contribution in [3.63, 3.8) is 0 Å². The molecule has 0 aliphatic carbocycles. The monoisotopic (exact) mass is 462 g/mol. The number of hydrogen-bond acceptors (Lipinski definition) is 5. The Morgan fingerprint density at radius 3 is 2.09 bits per heavy atom. The third-order valence-electron chi connectivity index (χ3n) is 4.91. The number of hydrogen-bond donors (Lipinski definition) is 1. The summed E-state index contributed by atoms with van der Waals surface area (Å²) in [7, 11) is -3.36. The minimum absolute atomic E-state index is 0.0680. The van der Waals surface area contributed by atoms with Crippen LogP contribution in [-0.2, 0) is 20.4 Å². The van der Waals surface area contributed by atoms with E-state index in [0.717, 1.165) is 27.9 Å². The van der Waals surface area contributed by atoms with Gasteiger partial charge in [-0.2, -0.15) is 0 Å². The average Bonchev–Trinajstić information content (AvgIpc) is 3.27. The van der Waals surface area contributed by atoms with E-state index < -0.39 is 9.84 Å². The molecule has 0 radical (unpaired) electrons. The molecule has 1 N–H and O–H groups in total. The molecule has 1 aromatic heterocycles. The van der Waals surface area contributed by atoms with Crippen molar-refractivity contribution in [2.45, 2.75) is 12.2 Å². The first-order valence-corrected chi connectivity index (χ1v) is 12.8. The number of sulfone groups is 1. The van der Waals surface area contributed by atoms with Gasteiger partial charge in [0.05, 0.1) is 17.2 Å². The van der Waals surface area contributed by atoms with Crippen LogP contribution in [0.25, 0.3) is 22.4 Å². The molecular formula is C25H22N2O3S2. The Bertz CT molecular complexity index is 1280. The maximum absolute atomic E-state index is 12.3. The summed E-state index contributed by atoms with van der Waals surface area (Å²) in [4.78, 5) is 16.7. The Hall–Kier alpha value is -3.29. The molecule has 0 spiro atoms. The number of aromatic nitrogens is 1. The lowest BCUT2D eigenvalue weighted by atomic mass is 10.0. The zero-order valence-corrected chi connectivity index (χ0v) is 18.9. The summed E-state index contributed by atoms with van der Waals surface area (Å²) >= 11 is 1.32. The highest BCUT2D eigenvalue weighted by atomic mass is 32.2. The molecule has 1 amide bonds. The smallest absolute Gasteiger partial charge is 0.227 e. The topological polar surface area (TPSA) is 76.1 Å². The summed E-state index contributed by atoms with van der Waals surface area (Å²) < 4.78 is 24.6. The molecule has 0 atom stereocenters. The lowest BCUT2D eigenvalue weighted by Crippen LogP contribution is -2.18.